The van der Waals surface area contributed by atoms with Crippen LogP contribution in [0.1, 0.15) is 28.8 Å². The van der Waals surface area contributed by atoms with Crippen LogP contribution in [0, 0.1) is 5.92 Å². The molecule has 7 heteroatoms. The van der Waals surface area contributed by atoms with E-state index < -0.39 is 0 Å². The fraction of sp³-hybridized carbons (Fsp3) is 0.348. The average molecular weight is 409 g/mol. The number of nitrogens with one attached hydrogen (secondary N) is 2. The number of piperidine rings is 1. The highest BCUT2D eigenvalue weighted by Crippen LogP contribution is 2.18. The molecular weight excluding hydrogens is 382 g/mol. The Morgan fingerprint density at radius 3 is 2.40 bits per heavy atom. The van der Waals surface area contributed by atoms with E-state index >= 15 is 0 Å². The topological polar surface area (TPSA) is 98.7 Å². The van der Waals surface area contributed by atoms with Crippen molar-refractivity contribution in [2.75, 3.05) is 26.2 Å². The van der Waals surface area contributed by atoms with Crippen molar-refractivity contribution in [2.24, 2.45) is 5.92 Å². The Morgan fingerprint density at radius 2 is 1.67 bits per heavy atom. The van der Waals surface area contributed by atoms with E-state index in [1.807, 2.05) is 30.3 Å². The minimum atomic E-state index is -0.264. The van der Waals surface area contributed by atoms with Gasteiger partial charge in [0.25, 0.3) is 5.91 Å². The largest absolute Gasteiger partial charge is 0.508 e. The smallest absolute Gasteiger partial charge is 0.251 e. The number of hydrogen-bond acceptors (Lipinski definition) is 4. The molecule has 2 aromatic rings. The van der Waals surface area contributed by atoms with Crippen molar-refractivity contribution in [3.8, 4) is 5.75 Å². The van der Waals surface area contributed by atoms with Gasteiger partial charge in [0.2, 0.25) is 11.8 Å². The number of aromatic hydroxyl groups is 1. The molecule has 1 aliphatic heterocycles. The number of carbonyl (C=O) groups is 3. The second-order valence-corrected chi connectivity index (χ2v) is 7.44. The number of hydrogen-bond donors (Lipinski definition) is 3. The van der Waals surface area contributed by atoms with Gasteiger partial charge < -0.3 is 20.6 Å². The maximum atomic E-state index is 12.6. The summed E-state index contributed by atoms with van der Waals surface area (Å²) >= 11 is 0. The zero-order valence-corrected chi connectivity index (χ0v) is 16.8. The zero-order chi connectivity index (χ0) is 21.3. The van der Waals surface area contributed by atoms with Crippen LogP contribution in [0.3, 0.4) is 0 Å². The van der Waals surface area contributed by atoms with Gasteiger partial charge >= 0.3 is 0 Å². The summed E-state index contributed by atoms with van der Waals surface area (Å²) in [4.78, 5) is 38.8. The number of nitrogens with zero attached hydrogens (tertiary/aromatic N) is 1. The Labute approximate surface area is 176 Å². The molecule has 0 radical (unpaired) electrons. The van der Waals surface area contributed by atoms with Crippen LogP contribution in [-0.4, -0.2) is 53.9 Å². The summed E-state index contributed by atoms with van der Waals surface area (Å²) in [7, 11) is 0. The Morgan fingerprint density at radius 1 is 0.967 bits per heavy atom. The van der Waals surface area contributed by atoms with Gasteiger partial charge in [-0.1, -0.05) is 30.3 Å². The summed E-state index contributed by atoms with van der Waals surface area (Å²) in [5.74, 6) is -0.445. The number of benzene rings is 2. The summed E-state index contributed by atoms with van der Waals surface area (Å²) in [6.45, 7) is 1.72. The van der Waals surface area contributed by atoms with Crippen molar-refractivity contribution in [1.29, 1.82) is 0 Å². The zero-order valence-electron chi connectivity index (χ0n) is 16.8. The lowest BCUT2D eigenvalue weighted by Gasteiger charge is -2.32. The summed E-state index contributed by atoms with van der Waals surface area (Å²) in [5, 5.41) is 14.8. The fourth-order valence-electron chi connectivity index (χ4n) is 3.52. The number of phenols is 1. The van der Waals surface area contributed by atoms with Crippen molar-refractivity contribution in [3.63, 3.8) is 0 Å². The van der Waals surface area contributed by atoms with Crippen LogP contribution in [0.15, 0.2) is 54.6 Å². The molecule has 0 spiro atoms. The molecule has 0 aliphatic carbocycles. The molecule has 0 aromatic heterocycles. The van der Waals surface area contributed by atoms with E-state index in [1.165, 1.54) is 24.3 Å². The number of carbonyl (C=O) groups excluding carboxylic acids is 3. The Hall–Kier alpha value is -3.35. The summed E-state index contributed by atoms with van der Waals surface area (Å²) in [6.07, 6.45) is 1.90. The van der Waals surface area contributed by atoms with Gasteiger partial charge in [-0.25, -0.2) is 0 Å². The van der Waals surface area contributed by atoms with E-state index in [1.54, 1.807) is 4.90 Å². The predicted molar refractivity (Wildman–Crippen MR) is 113 cm³/mol. The van der Waals surface area contributed by atoms with Crippen molar-refractivity contribution >= 4 is 17.7 Å². The van der Waals surface area contributed by atoms with Gasteiger partial charge in [0.1, 0.15) is 5.75 Å². The van der Waals surface area contributed by atoms with E-state index in [4.69, 9.17) is 0 Å². The first kappa shape index (κ1) is 21.4. The molecule has 0 saturated carbocycles. The molecule has 0 bridgehead atoms. The maximum Gasteiger partial charge on any atom is 0.251 e. The van der Waals surface area contributed by atoms with E-state index in [9.17, 15) is 19.5 Å². The lowest BCUT2D eigenvalue weighted by atomic mass is 9.96. The van der Waals surface area contributed by atoms with Crippen LogP contribution in [0.5, 0.6) is 5.75 Å². The first-order valence-electron chi connectivity index (χ1n) is 10.2. The third-order valence-electron chi connectivity index (χ3n) is 5.18. The molecule has 1 saturated heterocycles. The Kier molecular flexibility index (Phi) is 7.43. The monoisotopic (exact) mass is 409 g/mol. The van der Waals surface area contributed by atoms with Gasteiger partial charge in [0.15, 0.2) is 0 Å². The van der Waals surface area contributed by atoms with E-state index in [0.29, 0.717) is 38.2 Å². The quantitative estimate of drug-likeness (QED) is 0.607. The number of likely N-dealkylation sites (tertiary alicyclic amines) is 1. The van der Waals surface area contributed by atoms with Gasteiger partial charge in [-0.3, -0.25) is 14.4 Å². The standard InChI is InChI=1S/C23H27N3O4/c27-20-10-8-18(9-11-20)22(29)24-12-13-25-23(30)19-7-4-14-26(16-19)21(28)15-17-5-2-1-3-6-17/h1-3,5-6,8-11,19,27H,4,7,12-16H2,(H,24,29)(H,25,30). The lowest BCUT2D eigenvalue weighted by Crippen LogP contribution is -2.47. The second kappa shape index (κ2) is 10.4. The lowest BCUT2D eigenvalue weighted by molar-refractivity contribution is -0.135. The van der Waals surface area contributed by atoms with Crippen molar-refractivity contribution in [1.82, 2.24) is 15.5 Å². The molecule has 3 rings (SSSR count). The molecule has 1 fully saturated rings. The molecule has 30 heavy (non-hydrogen) atoms. The second-order valence-electron chi connectivity index (χ2n) is 7.44. The third kappa shape index (κ3) is 6.07. The molecule has 1 aliphatic rings. The third-order valence-corrected chi connectivity index (χ3v) is 5.18. The Bertz CT molecular complexity index is 868. The highest BCUT2D eigenvalue weighted by Gasteiger charge is 2.28. The van der Waals surface area contributed by atoms with E-state index in [2.05, 4.69) is 10.6 Å². The fourth-order valence-corrected chi connectivity index (χ4v) is 3.52. The van der Waals surface area contributed by atoms with Crippen LogP contribution in [-0.2, 0) is 16.0 Å². The Balaban J connectivity index is 1.40. The molecular formula is C23H27N3O4. The van der Waals surface area contributed by atoms with Gasteiger partial charge in [-0.05, 0) is 42.7 Å². The van der Waals surface area contributed by atoms with E-state index in [0.717, 1.165) is 18.4 Å². The van der Waals surface area contributed by atoms with Gasteiger partial charge in [0.05, 0.1) is 12.3 Å². The van der Waals surface area contributed by atoms with Crippen LogP contribution in [0.2, 0.25) is 0 Å². The SMILES string of the molecule is O=C(NCCNC(=O)C1CCCN(C(=O)Cc2ccccc2)C1)c1ccc(O)cc1. The summed E-state index contributed by atoms with van der Waals surface area (Å²) in [6, 6.07) is 15.6. The highest BCUT2D eigenvalue weighted by molar-refractivity contribution is 5.94. The van der Waals surface area contributed by atoms with Gasteiger partial charge in [-0.2, -0.15) is 0 Å². The first-order chi connectivity index (χ1) is 14.5. The molecule has 3 amide bonds. The molecule has 158 valence electrons. The minimum absolute atomic E-state index is 0.0415. The molecule has 7 nitrogen and oxygen atoms in total. The van der Waals surface area contributed by atoms with Crippen LogP contribution in [0.4, 0.5) is 0 Å². The van der Waals surface area contributed by atoms with Gasteiger partial charge in [-0.15, -0.1) is 0 Å². The molecule has 1 atom stereocenters. The first-order valence-corrected chi connectivity index (χ1v) is 10.2. The van der Waals surface area contributed by atoms with E-state index in [-0.39, 0.29) is 29.4 Å². The summed E-state index contributed by atoms with van der Waals surface area (Å²) in [5.41, 5.74) is 1.41. The average Bonchev–Trinajstić information content (AvgIpc) is 2.77. The van der Waals surface area contributed by atoms with Crippen molar-refractivity contribution in [3.05, 3.63) is 65.7 Å². The van der Waals surface area contributed by atoms with Gasteiger partial charge in [0, 0.05) is 31.7 Å². The van der Waals surface area contributed by atoms with Crippen LogP contribution >= 0.6 is 0 Å². The van der Waals surface area contributed by atoms with Crippen LogP contribution < -0.4 is 10.6 Å². The molecule has 2 aromatic carbocycles. The number of amides is 3. The van der Waals surface area contributed by atoms with Crippen molar-refractivity contribution < 1.29 is 19.5 Å². The summed E-state index contributed by atoms with van der Waals surface area (Å²) < 4.78 is 0. The predicted octanol–water partition coefficient (Wildman–Crippen LogP) is 1.72. The highest BCUT2D eigenvalue weighted by atomic mass is 16.3. The van der Waals surface area contributed by atoms with Crippen LogP contribution in [0.25, 0.3) is 0 Å². The minimum Gasteiger partial charge on any atom is -0.508 e. The number of rotatable bonds is 7. The van der Waals surface area contributed by atoms with Crippen molar-refractivity contribution in [2.45, 2.75) is 19.3 Å². The molecule has 1 unspecified atom stereocenters. The molecule has 3 N–H and O–H groups in total. The maximum absolute atomic E-state index is 12.6. The molecule has 1 heterocycles. The normalized spacial score (nSPS) is 16.0. The number of phenolic OH excluding ortho intramolecular Hbond substituents is 1.